The van der Waals surface area contributed by atoms with Crippen molar-refractivity contribution >= 4 is 42.2 Å². The lowest BCUT2D eigenvalue weighted by Gasteiger charge is -2.25. The van der Waals surface area contributed by atoms with Crippen LogP contribution in [-0.2, 0) is 44.0 Å². The molecule has 1 saturated carbocycles. The average Bonchev–Trinajstić information content (AvgIpc) is 3.49. The molecule has 8 nitrogen and oxygen atoms in total. The first-order chi connectivity index (χ1) is 14.6. The highest BCUT2D eigenvalue weighted by Gasteiger charge is 2.41. The number of nitrogens with zero attached hydrogens (tertiary/aromatic N) is 2. The summed E-state index contributed by atoms with van der Waals surface area (Å²) in [5.41, 5.74) is 1.54. The van der Waals surface area contributed by atoms with Crippen molar-refractivity contribution in [2.75, 3.05) is 11.9 Å². The predicted octanol–water partition coefficient (Wildman–Crippen LogP) is 2.36. The summed E-state index contributed by atoms with van der Waals surface area (Å²) in [4.78, 5) is 18.0. The number of aromatic nitrogens is 1. The molecule has 2 aromatic rings. The number of sulfone groups is 1. The predicted molar refractivity (Wildman–Crippen MR) is 119 cm³/mol. The third-order valence-electron chi connectivity index (χ3n) is 5.49. The van der Waals surface area contributed by atoms with Crippen LogP contribution in [0.1, 0.15) is 42.8 Å². The Morgan fingerprint density at radius 2 is 1.87 bits per heavy atom. The number of sulfonamides is 1. The molecule has 0 bridgehead atoms. The second-order valence-electron chi connectivity index (χ2n) is 8.18. The van der Waals surface area contributed by atoms with Crippen molar-refractivity contribution in [2.24, 2.45) is 0 Å². The molecule has 168 valence electrons. The molecule has 2 aliphatic rings. The Bertz CT molecular complexity index is 1200. The molecule has 1 aromatic carbocycles. The fraction of sp³-hybridized carbons (Fsp3) is 0.500. The third kappa shape index (κ3) is 4.69. The van der Waals surface area contributed by atoms with Gasteiger partial charge >= 0.3 is 0 Å². The summed E-state index contributed by atoms with van der Waals surface area (Å²) < 4.78 is 50.9. The van der Waals surface area contributed by atoms with E-state index in [1.54, 1.807) is 26.0 Å². The summed E-state index contributed by atoms with van der Waals surface area (Å²) in [5, 5.41) is 2.50. The van der Waals surface area contributed by atoms with Crippen molar-refractivity contribution < 1.29 is 21.6 Å². The van der Waals surface area contributed by atoms with E-state index in [0.29, 0.717) is 30.2 Å². The fourth-order valence-corrected chi connectivity index (χ4v) is 7.43. The number of benzene rings is 1. The minimum Gasteiger partial charge on any atom is -0.302 e. The molecule has 1 N–H and O–H groups in total. The van der Waals surface area contributed by atoms with Crippen LogP contribution in [0.4, 0.5) is 5.13 Å². The molecule has 31 heavy (non-hydrogen) atoms. The zero-order valence-electron chi connectivity index (χ0n) is 17.4. The quantitative estimate of drug-likeness (QED) is 0.647. The van der Waals surface area contributed by atoms with Crippen LogP contribution in [0.2, 0.25) is 0 Å². The zero-order chi connectivity index (χ0) is 22.4. The molecule has 0 radical (unpaired) electrons. The van der Waals surface area contributed by atoms with Crippen molar-refractivity contribution in [1.82, 2.24) is 9.29 Å². The van der Waals surface area contributed by atoms with Gasteiger partial charge in [0, 0.05) is 24.4 Å². The molecule has 1 fully saturated rings. The van der Waals surface area contributed by atoms with E-state index in [1.807, 2.05) is 0 Å². The van der Waals surface area contributed by atoms with Crippen molar-refractivity contribution in [3.8, 4) is 0 Å². The van der Waals surface area contributed by atoms with Crippen molar-refractivity contribution in [3.05, 3.63) is 40.4 Å². The number of amides is 1. The normalized spacial score (nSPS) is 17.5. The number of carbonyl (C=O) groups is 1. The molecule has 0 unspecified atom stereocenters. The Hall–Kier alpha value is -1.82. The van der Waals surface area contributed by atoms with Gasteiger partial charge in [-0.25, -0.2) is 21.8 Å². The summed E-state index contributed by atoms with van der Waals surface area (Å²) >= 11 is 1.31. The molecule has 11 heteroatoms. The minimum atomic E-state index is -3.34. The van der Waals surface area contributed by atoms with E-state index in [-0.39, 0.29) is 22.5 Å². The monoisotopic (exact) mass is 483 g/mol. The second-order valence-corrected chi connectivity index (χ2v) is 14.0. The van der Waals surface area contributed by atoms with Crippen molar-refractivity contribution in [2.45, 2.75) is 61.5 Å². The Balaban J connectivity index is 1.38. The van der Waals surface area contributed by atoms with E-state index in [2.05, 4.69) is 10.3 Å². The SMILES string of the molecule is CC(C)S(=O)(=O)c1ccc(CC(=O)Nc2nc3c(s2)CN(S(=O)(=O)C2CC2)CC3)cc1. The van der Waals surface area contributed by atoms with Gasteiger partial charge < -0.3 is 5.32 Å². The van der Waals surface area contributed by atoms with Gasteiger partial charge in [-0.2, -0.15) is 4.31 Å². The number of thiazole rings is 1. The molecule has 4 rings (SSSR count). The van der Waals surface area contributed by atoms with Crippen LogP contribution in [0, 0.1) is 0 Å². The number of anilines is 1. The molecule has 0 atom stereocenters. The maximum Gasteiger partial charge on any atom is 0.230 e. The van der Waals surface area contributed by atoms with E-state index in [0.717, 1.165) is 23.4 Å². The summed E-state index contributed by atoms with van der Waals surface area (Å²) in [5.74, 6) is -0.256. The topological polar surface area (TPSA) is 114 Å². The first kappa shape index (κ1) is 22.4. The largest absolute Gasteiger partial charge is 0.302 e. The van der Waals surface area contributed by atoms with Gasteiger partial charge in [-0.05, 0) is 44.4 Å². The Labute approximate surface area is 186 Å². The number of fused-ring (bicyclic) bond motifs is 1. The van der Waals surface area contributed by atoms with Gasteiger partial charge in [0.15, 0.2) is 15.0 Å². The van der Waals surface area contributed by atoms with Gasteiger partial charge in [0.25, 0.3) is 0 Å². The van der Waals surface area contributed by atoms with Crippen LogP contribution in [0.5, 0.6) is 0 Å². The smallest absolute Gasteiger partial charge is 0.230 e. The number of hydrogen-bond donors (Lipinski definition) is 1. The van der Waals surface area contributed by atoms with Crippen molar-refractivity contribution in [3.63, 3.8) is 0 Å². The maximum absolute atomic E-state index is 12.5. The Kier molecular flexibility index (Phi) is 5.97. The molecule has 1 aliphatic carbocycles. The third-order valence-corrected chi connectivity index (χ3v) is 11.0. The molecule has 0 spiro atoms. The molecular weight excluding hydrogens is 458 g/mol. The summed E-state index contributed by atoms with van der Waals surface area (Å²) in [6.07, 6.45) is 2.11. The van der Waals surface area contributed by atoms with Gasteiger partial charge in [-0.1, -0.05) is 12.1 Å². The molecule has 1 aliphatic heterocycles. The van der Waals surface area contributed by atoms with E-state index in [1.165, 1.54) is 27.8 Å². The van der Waals surface area contributed by atoms with Crippen LogP contribution in [0.15, 0.2) is 29.2 Å². The molecular formula is C20H25N3O5S3. The summed E-state index contributed by atoms with van der Waals surface area (Å²) in [6, 6.07) is 6.33. The fourth-order valence-electron chi connectivity index (χ4n) is 3.44. The van der Waals surface area contributed by atoms with E-state index < -0.39 is 25.1 Å². The number of hydrogen-bond acceptors (Lipinski definition) is 7. The van der Waals surface area contributed by atoms with Gasteiger partial charge in [-0.3, -0.25) is 4.79 Å². The van der Waals surface area contributed by atoms with Gasteiger partial charge in [-0.15, -0.1) is 11.3 Å². The average molecular weight is 484 g/mol. The highest BCUT2D eigenvalue weighted by molar-refractivity contribution is 7.92. The van der Waals surface area contributed by atoms with Crippen LogP contribution < -0.4 is 5.32 Å². The molecule has 1 aromatic heterocycles. The summed E-state index contributed by atoms with van der Waals surface area (Å²) in [6.45, 7) is 4.00. The maximum atomic E-state index is 12.5. The molecule has 2 heterocycles. The lowest BCUT2D eigenvalue weighted by atomic mass is 10.1. The number of nitrogens with one attached hydrogen (secondary N) is 1. The van der Waals surface area contributed by atoms with Crippen molar-refractivity contribution in [1.29, 1.82) is 0 Å². The standard InChI is InChI=1S/C20H25N3O5S3/c1-13(2)30(25,26)15-5-3-14(4-6-15)11-19(24)22-20-21-17-9-10-23(12-18(17)29-20)31(27,28)16-7-8-16/h3-6,13,16H,7-12H2,1-2H3,(H,21,22,24). The van der Waals surface area contributed by atoms with Crippen LogP contribution in [0.25, 0.3) is 0 Å². The van der Waals surface area contributed by atoms with Crippen LogP contribution in [-0.4, -0.2) is 49.1 Å². The molecule has 0 saturated heterocycles. The zero-order valence-corrected chi connectivity index (χ0v) is 19.8. The van der Waals surface area contributed by atoms with Gasteiger partial charge in [0.2, 0.25) is 15.9 Å². The van der Waals surface area contributed by atoms with E-state index in [4.69, 9.17) is 0 Å². The van der Waals surface area contributed by atoms with Crippen LogP contribution in [0.3, 0.4) is 0 Å². The molecule has 1 amide bonds. The highest BCUT2D eigenvalue weighted by Crippen LogP contribution is 2.35. The first-order valence-corrected chi connectivity index (χ1v) is 14.0. The highest BCUT2D eigenvalue weighted by atomic mass is 32.2. The van der Waals surface area contributed by atoms with Gasteiger partial charge in [0.05, 0.1) is 27.5 Å². The van der Waals surface area contributed by atoms with Gasteiger partial charge in [0.1, 0.15) is 0 Å². The van der Waals surface area contributed by atoms with Crippen LogP contribution >= 0.6 is 11.3 Å². The minimum absolute atomic E-state index is 0.0917. The lowest BCUT2D eigenvalue weighted by molar-refractivity contribution is -0.115. The van der Waals surface area contributed by atoms with E-state index in [9.17, 15) is 21.6 Å². The number of rotatable bonds is 7. The summed E-state index contributed by atoms with van der Waals surface area (Å²) in [7, 11) is -6.57. The lowest BCUT2D eigenvalue weighted by Crippen LogP contribution is -2.37. The van der Waals surface area contributed by atoms with E-state index >= 15 is 0 Å². The first-order valence-electron chi connectivity index (χ1n) is 10.2. The number of carbonyl (C=O) groups excluding carboxylic acids is 1. The Morgan fingerprint density at radius 3 is 2.48 bits per heavy atom. The second kappa shape index (κ2) is 8.27. The Morgan fingerprint density at radius 1 is 1.19 bits per heavy atom.